The quantitative estimate of drug-likeness (QED) is 0.760. The van der Waals surface area contributed by atoms with E-state index in [4.69, 9.17) is 5.26 Å². The predicted octanol–water partition coefficient (Wildman–Crippen LogP) is 1.59. The number of hydrogen-bond acceptors (Lipinski definition) is 3. The molecule has 4 heteroatoms. The van der Waals surface area contributed by atoms with Crippen LogP contribution < -0.4 is 5.32 Å². The molecule has 0 saturated carbocycles. The lowest BCUT2D eigenvalue weighted by atomic mass is 10.4. The van der Waals surface area contributed by atoms with E-state index in [1.807, 2.05) is 24.3 Å². The lowest BCUT2D eigenvalue weighted by Gasteiger charge is -1.96. The first kappa shape index (κ1) is 9.92. The molecule has 1 heterocycles. The molecule has 11 heavy (non-hydrogen) atoms. The minimum absolute atomic E-state index is 0. The summed E-state index contributed by atoms with van der Waals surface area (Å²) in [4.78, 5) is 3.95. The number of pyridine rings is 1. The highest BCUT2D eigenvalue weighted by Gasteiger charge is 1.85. The third-order valence-corrected chi connectivity index (χ3v) is 1.01. The first-order valence-electron chi connectivity index (χ1n) is 2.95. The number of rotatable bonds is 2. The van der Waals surface area contributed by atoms with Gasteiger partial charge >= 0.3 is 0 Å². The molecule has 1 aromatic heterocycles. The Balaban J connectivity index is 0.000001000. The van der Waals surface area contributed by atoms with Gasteiger partial charge in [0.2, 0.25) is 0 Å². The highest BCUT2D eigenvalue weighted by Crippen LogP contribution is 1.97. The van der Waals surface area contributed by atoms with Gasteiger partial charge in [0.05, 0.1) is 6.07 Å². The van der Waals surface area contributed by atoms with E-state index >= 15 is 0 Å². The smallest absolute Gasteiger partial charge is 0.126 e. The average molecular weight is 214 g/mol. The Morgan fingerprint density at radius 3 is 2.91 bits per heavy atom. The van der Waals surface area contributed by atoms with Crippen molar-refractivity contribution in [3.63, 3.8) is 0 Å². The molecule has 0 unspecified atom stereocenters. The van der Waals surface area contributed by atoms with Crippen LogP contribution in [0.2, 0.25) is 0 Å². The fraction of sp³-hybridized carbons (Fsp3) is 0.143. The van der Waals surface area contributed by atoms with Gasteiger partial charge in [0.15, 0.2) is 0 Å². The third-order valence-electron chi connectivity index (χ3n) is 1.01. The summed E-state index contributed by atoms with van der Waals surface area (Å²) in [6.45, 7) is 0.303. The van der Waals surface area contributed by atoms with Crippen LogP contribution in [-0.2, 0) is 0 Å². The second kappa shape index (κ2) is 5.69. The van der Waals surface area contributed by atoms with Gasteiger partial charge in [0, 0.05) is 6.20 Å². The van der Waals surface area contributed by atoms with Gasteiger partial charge in [-0.15, -0.1) is 17.0 Å². The largest absolute Gasteiger partial charge is 0.357 e. The Kier molecular flexibility index (Phi) is 5.13. The lowest BCUT2D eigenvalue weighted by Crippen LogP contribution is -1.99. The number of hydrogen-bond donors (Lipinski definition) is 1. The fourth-order valence-corrected chi connectivity index (χ4v) is 0.597. The first-order valence-corrected chi connectivity index (χ1v) is 2.95. The van der Waals surface area contributed by atoms with E-state index in [0.717, 1.165) is 5.82 Å². The summed E-state index contributed by atoms with van der Waals surface area (Å²) in [7, 11) is 0. The van der Waals surface area contributed by atoms with E-state index in [-0.39, 0.29) is 17.0 Å². The maximum Gasteiger partial charge on any atom is 0.126 e. The van der Waals surface area contributed by atoms with Crippen LogP contribution in [0.3, 0.4) is 0 Å². The van der Waals surface area contributed by atoms with Crippen molar-refractivity contribution in [1.82, 2.24) is 4.98 Å². The van der Waals surface area contributed by atoms with Crippen molar-refractivity contribution < 1.29 is 0 Å². The van der Waals surface area contributed by atoms with Gasteiger partial charge in [-0.1, -0.05) is 6.07 Å². The van der Waals surface area contributed by atoms with E-state index in [9.17, 15) is 0 Å². The zero-order valence-electron chi connectivity index (χ0n) is 5.82. The molecule has 1 N–H and O–H groups in total. The zero-order chi connectivity index (χ0) is 7.23. The summed E-state index contributed by atoms with van der Waals surface area (Å²) in [6.07, 6.45) is 1.68. The first-order chi connectivity index (χ1) is 4.93. The number of anilines is 1. The number of nitrogens with zero attached hydrogens (tertiary/aromatic N) is 2. The number of nitriles is 1. The van der Waals surface area contributed by atoms with Gasteiger partial charge < -0.3 is 5.32 Å². The maximum atomic E-state index is 8.19. The van der Waals surface area contributed by atoms with Crippen molar-refractivity contribution in [2.24, 2.45) is 0 Å². The average Bonchev–Trinajstić information content (AvgIpc) is 2.03. The number of nitrogens with one attached hydrogen (secondary N) is 1. The van der Waals surface area contributed by atoms with Crippen molar-refractivity contribution in [1.29, 1.82) is 5.26 Å². The van der Waals surface area contributed by atoms with Crippen molar-refractivity contribution in [2.75, 3.05) is 11.9 Å². The molecule has 0 fully saturated rings. The minimum atomic E-state index is 0. The minimum Gasteiger partial charge on any atom is -0.357 e. The van der Waals surface area contributed by atoms with Gasteiger partial charge in [-0.3, -0.25) is 0 Å². The molecule has 0 atom stereocenters. The van der Waals surface area contributed by atoms with Crippen LogP contribution in [0, 0.1) is 11.3 Å². The monoisotopic (exact) mass is 213 g/mol. The van der Waals surface area contributed by atoms with E-state index in [1.165, 1.54) is 0 Å². The molecule has 0 amide bonds. The Labute approximate surface area is 75.8 Å². The molecule has 0 aliphatic rings. The summed E-state index contributed by atoms with van der Waals surface area (Å²) < 4.78 is 0. The Morgan fingerprint density at radius 1 is 1.55 bits per heavy atom. The molecule has 0 saturated heterocycles. The molecule has 3 nitrogen and oxygen atoms in total. The van der Waals surface area contributed by atoms with Crippen LogP contribution in [0.4, 0.5) is 5.82 Å². The van der Waals surface area contributed by atoms with Crippen molar-refractivity contribution in [2.45, 2.75) is 0 Å². The van der Waals surface area contributed by atoms with Crippen LogP contribution in [0.15, 0.2) is 24.4 Å². The highest BCUT2D eigenvalue weighted by atomic mass is 79.9. The second-order valence-electron chi connectivity index (χ2n) is 1.73. The SMILES string of the molecule is Br.N#CCNc1ccccn1. The summed E-state index contributed by atoms with van der Waals surface area (Å²) >= 11 is 0. The Morgan fingerprint density at radius 2 is 2.36 bits per heavy atom. The molecule has 58 valence electrons. The van der Waals surface area contributed by atoms with Crippen LogP contribution >= 0.6 is 17.0 Å². The van der Waals surface area contributed by atoms with Gasteiger partial charge in [0.1, 0.15) is 12.4 Å². The summed E-state index contributed by atoms with van der Waals surface area (Å²) in [5.74, 6) is 0.740. The van der Waals surface area contributed by atoms with E-state index < -0.39 is 0 Å². The Hall–Kier alpha value is -1.08. The van der Waals surface area contributed by atoms with Crippen molar-refractivity contribution in [3.8, 4) is 6.07 Å². The zero-order valence-corrected chi connectivity index (χ0v) is 7.53. The molecular formula is C7H8BrN3. The molecule has 0 aliphatic heterocycles. The summed E-state index contributed by atoms with van der Waals surface area (Å²) in [5, 5.41) is 11.0. The Bertz CT molecular complexity index is 229. The van der Waals surface area contributed by atoms with Crippen LogP contribution in [0.5, 0.6) is 0 Å². The van der Waals surface area contributed by atoms with Gasteiger partial charge in [-0.05, 0) is 12.1 Å². The molecule has 0 aliphatic carbocycles. The van der Waals surface area contributed by atoms with E-state index in [2.05, 4.69) is 10.3 Å². The fourth-order valence-electron chi connectivity index (χ4n) is 0.597. The molecule has 0 radical (unpaired) electrons. The van der Waals surface area contributed by atoms with Crippen molar-refractivity contribution in [3.05, 3.63) is 24.4 Å². The summed E-state index contributed by atoms with van der Waals surface area (Å²) in [6, 6.07) is 7.48. The third kappa shape index (κ3) is 3.58. The normalized spacial score (nSPS) is 7.55. The lowest BCUT2D eigenvalue weighted by molar-refractivity contribution is 1.23. The summed E-state index contributed by atoms with van der Waals surface area (Å²) in [5.41, 5.74) is 0. The topological polar surface area (TPSA) is 48.7 Å². The van der Waals surface area contributed by atoms with Gasteiger partial charge in [-0.2, -0.15) is 5.26 Å². The molecule has 1 rings (SSSR count). The van der Waals surface area contributed by atoms with E-state index in [1.54, 1.807) is 6.20 Å². The highest BCUT2D eigenvalue weighted by molar-refractivity contribution is 8.93. The molecule has 0 aromatic carbocycles. The molecular weight excluding hydrogens is 206 g/mol. The van der Waals surface area contributed by atoms with Crippen LogP contribution in [-0.4, -0.2) is 11.5 Å². The second-order valence-corrected chi connectivity index (χ2v) is 1.73. The molecule has 0 spiro atoms. The van der Waals surface area contributed by atoms with E-state index in [0.29, 0.717) is 6.54 Å². The van der Waals surface area contributed by atoms with Crippen molar-refractivity contribution >= 4 is 22.8 Å². The molecule has 1 aromatic rings. The number of aromatic nitrogens is 1. The van der Waals surface area contributed by atoms with Gasteiger partial charge in [-0.25, -0.2) is 4.98 Å². The maximum absolute atomic E-state index is 8.19. The number of halogens is 1. The van der Waals surface area contributed by atoms with Gasteiger partial charge in [0.25, 0.3) is 0 Å². The molecule has 0 bridgehead atoms. The van der Waals surface area contributed by atoms with Crippen LogP contribution in [0.1, 0.15) is 0 Å². The van der Waals surface area contributed by atoms with Crippen LogP contribution in [0.25, 0.3) is 0 Å². The standard InChI is InChI=1S/C7H7N3.BrH/c8-4-6-10-7-3-1-2-5-9-7;/h1-3,5H,6H2,(H,9,10);1H. The predicted molar refractivity (Wildman–Crippen MR) is 48.7 cm³/mol.